The maximum atomic E-state index is 11.9. The minimum absolute atomic E-state index is 0.0734. The highest BCUT2D eigenvalue weighted by Gasteiger charge is 2.07. The Morgan fingerprint density at radius 1 is 1.29 bits per heavy atom. The van der Waals surface area contributed by atoms with Gasteiger partial charge in [-0.15, -0.1) is 0 Å². The molecular formula is C14H11BrN4OS. The van der Waals surface area contributed by atoms with Crippen molar-refractivity contribution in [1.29, 1.82) is 0 Å². The molecule has 0 aliphatic heterocycles. The molecule has 0 unspecified atom stereocenters. The molecule has 0 fully saturated rings. The van der Waals surface area contributed by atoms with E-state index < -0.39 is 0 Å². The number of aromatic nitrogens is 3. The highest BCUT2D eigenvalue weighted by molar-refractivity contribution is 9.10. The first-order chi connectivity index (χ1) is 10.2. The topological polar surface area (TPSA) is 70.7 Å². The van der Waals surface area contributed by atoms with E-state index in [0.717, 1.165) is 15.7 Å². The number of aromatic amines is 1. The van der Waals surface area contributed by atoms with Crippen molar-refractivity contribution in [2.75, 3.05) is 11.1 Å². The van der Waals surface area contributed by atoms with E-state index in [1.165, 1.54) is 11.8 Å². The zero-order valence-corrected chi connectivity index (χ0v) is 13.2. The van der Waals surface area contributed by atoms with Crippen LogP contribution in [0.5, 0.6) is 0 Å². The van der Waals surface area contributed by atoms with Gasteiger partial charge in [0, 0.05) is 16.4 Å². The zero-order valence-electron chi connectivity index (χ0n) is 10.8. The molecule has 3 rings (SSSR count). The summed E-state index contributed by atoms with van der Waals surface area (Å²) in [4.78, 5) is 23.5. The number of hydrogen-bond acceptors (Lipinski definition) is 4. The Kier molecular flexibility index (Phi) is 4.21. The number of thioether (sulfide) groups is 1. The fourth-order valence-electron chi connectivity index (χ4n) is 1.76. The number of nitrogens with zero attached hydrogens (tertiary/aromatic N) is 2. The summed E-state index contributed by atoms with van der Waals surface area (Å²) in [5, 5.41) is 3.52. The second-order valence-electron chi connectivity index (χ2n) is 4.26. The monoisotopic (exact) mass is 362 g/mol. The summed E-state index contributed by atoms with van der Waals surface area (Å²) < 4.78 is 0.977. The second-order valence-corrected chi connectivity index (χ2v) is 6.14. The van der Waals surface area contributed by atoms with Crippen LogP contribution in [0.4, 0.5) is 5.69 Å². The number of carbonyl (C=O) groups is 1. The van der Waals surface area contributed by atoms with E-state index in [0.29, 0.717) is 10.8 Å². The first-order valence-corrected chi connectivity index (χ1v) is 7.97. The van der Waals surface area contributed by atoms with E-state index >= 15 is 0 Å². The SMILES string of the molecule is O=C(CSc1nc2ncccc2[nH]1)Nc1ccc(Br)cc1. The van der Waals surface area contributed by atoms with Gasteiger partial charge in [0.2, 0.25) is 5.91 Å². The predicted molar refractivity (Wildman–Crippen MR) is 87.4 cm³/mol. The third-order valence-corrected chi connectivity index (χ3v) is 4.11. The number of anilines is 1. The van der Waals surface area contributed by atoms with Crippen molar-refractivity contribution in [3.63, 3.8) is 0 Å². The largest absolute Gasteiger partial charge is 0.332 e. The summed E-state index contributed by atoms with van der Waals surface area (Å²) in [7, 11) is 0. The molecule has 5 nitrogen and oxygen atoms in total. The second kappa shape index (κ2) is 6.28. The number of halogens is 1. The number of benzene rings is 1. The number of carbonyl (C=O) groups excluding carboxylic acids is 1. The summed E-state index contributed by atoms with van der Waals surface area (Å²) in [6.45, 7) is 0. The molecule has 2 N–H and O–H groups in total. The zero-order chi connectivity index (χ0) is 14.7. The van der Waals surface area contributed by atoms with Gasteiger partial charge in [0.25, 0.3) is 0 Å². The maximum Gasteiger partial charge on any atom is 0.234 e. The smallest absolute Gasteiger partial charge is 0.234 e. The molecule has 1 amide bonds. The first-order valence-electron chi connectivity index (χ1n) is 6.20. The molecule has 0 aliphatic rings. The maximum absolute atomic E-state index is 11.9. The fraction of sp³-hybridized carbons (Fsp3) is 0.0714. The van der Waals surface area contributed by atoms with Crippen LogP contribution in [-0.2, 0) is 4.79 Å². The molecule has 0 spiro atoms. The lowest BCUT2D eigenvalue weighted by atomic mass is 10.3. The van der Waals surface area contributed by atoms with Gasteiger partial charge in [-0.3, -0.25) is 4.79 Å². The van der Waals surface area contributed by atoms with Crippen LogP contribution in [0.2, 0.25) is 0 Å². The van der Waals surface area contributed by atoms with Gasteiger partial charge < -0.3 is 10.3 Å². The van der Waals surface area contributed by atoms with Crippen molar-refractivity contribution in [2.24, 2.45) is 0 Å². The molecule has 2 aromatic heterocycles. The van der Waals surface area contributed by atoms with E-state index in [4.69, 9.17) is 0 Å². The quantitative estimate of drug-likeness (QED) is 0.697. The summed E-state index contributed by atoms with van der Waals surface area (Å²) >= 11 is 4.70. The van der Waals surface area contributed by atoms with Gasteiger partial charge in [-0.05, 0) is 36.4 Å². The molecule has 2 heterocycles. The van der Waals surface area contributed by atoms with Crippen LogP contribution in [0.1, 0.15) is 0 Å². The van der Waals surface area contributed by atoms with Crippen LogP contribution in [0.15, 0.2) is 52.2 Å². The minimum Gasteiger partial charge on any atom is -0.332 e. The summed E-state index contributed by atoms with van der Waals surface area (Å²) in [5.41, 5.74) is 2.30. The molecule has 106 valence electrons. The summed E-state index contributed by atoms with van der Waals surface area (Å²) in [6.07, 6.45) is 1.69. The Labute approximate surface area is 133 Å². The lowest BCUT2D eigenvalue weighted by molar-refractivity contribution is -0.113. The van der Waals surface area contributed by atoms with E-state index in [-0.39, 0.29) is 11.7 Å². The molecule has 0 aliphatic carbocycles. The Morgan fingerprint density at radius 2 is 2.10 bits per heavy atom. The predicted octanol–water partition coefficient (Wildman–Crippen LogP) is 3.45. The molecule has 1 aromatic carbocycles. The number of amides is 1. The summed E-state index contributed by atoms with van der Waals surface area (Å²) in [6, 6.07) is 11.2. The van der Waals surface area contributed by atoms with Crippen LogP contribution in [0.25, 0.3) is 11.2 Å². The molecule has 0 saturated carbocycles. The van der Waals surface area contributed by atoms with Crippen molar-refractivity contribution in [3.05, 3.63) is 47.1 Å². The molecule has 7 heteroatoms. The number of fused-ring (bicyclic) bond motifs is 1. The van der Waals surface area contributed by atoms with Crippen LogP contribution in [0.3, 0.4) is 0 Å². The number of hydrogen-bond donors (Lipinski definition) is 2. The van der Waals surface area contributed by atoms with Crippen LogP contribution in [0, 0.1) is 0 Å². The van der Waals surface area contributed by atoms with Gasteiger partial charge in [0.15, 0.2) is 10.8 Å². The van der Waals surface area contributed by atoms with Gasteiger partial charge in [0.1, 0.15) is 0 Å². The molecule has 21 heavy (non-hydrogen) atoms. The Hall–Kier alpha value is -1.86. The van der Waals surface area contributed by atoms with Crippen molar-refractivity contribution >= 4 is 50.5 Å². The summed E-state index contributed by atoms with van der Waals surface area (Å²) in [5.74, 6) is 0.214. The van der Waals surface area contributed by atoms with Crippen molar-refractivity contribution < 1.29 is 4.79 Å². The van der Waals surface area contributed by atoms with Crippen LogP contribution >= 0.6 is 27.7 Å². The highest BCUT2D eigenvalue weighted by Crippen LogP contribution is 2.19. The number of imidazole rings is 1. The van der Waals surface area contributed by atoms with Crippen molar-refractivity contribution in [1.82, 2.24) is 15.0 Å². The Morgan fingerprint density at radius 3 is 2.86 bits per heavy atom. The normalized spacial score (nSPS) is 10.7. The number of pyridine rings is 1. The third-order valence-electron chi connectivity index (χ3n) is 2.70. The third kappa shape index (κ3) is 3.62. The lowest BCUT2D eigenvalue weighted by Crippen LogP contribution is -2.13. The van der Waals surface area contributed by atoms with E-state index in [9.17, 15) is 4.79 Å². The first kappa shape index (κ1) is 14.1. The lowest BCUT2D eigenvalue weighted by Gasteiger charge is -2.04. The van der Waals surface area contributed by atoms with Gasteiger partial charge in [-0.2, -0.15) is 0 Å². The van der Waals surface area contributed by atoms with Gasteiger partial charge in [0.05, 0.1) is 11.3 Å². The van der Waals surface area contributed by atoms with Crippen LogP contribution < -0.4 is 5.32 Å². The van der Waals surface area contributed by atoms with E-state index in [2.05, 4.69) is 36.2 Å². The molecule has 0 saturated heterocycles. The van der Waals surface area contributed by atoms with Crippen LogP contribution in [-0.4, -0.2) is 26.6 Å². The molecule has 0 radical (unpaired) electrons. The molecule has 3 aromatic rings. The Balaban J connectivity index is 1.59. The van der Waals surface area contributed by atoms with Crippen molar-refractivity contribution in [3.8, 4) is 0 Å². The number of nitrogens with one attached hydrogen (secondary N) is 2. The number of H-pyrrole nitrogens is 1. The van der Waals surface area contributed by atoms with Crippen molar-refractivity contribution in [2.45, 2.75) is 5.16 Å². The molecular weight excluding hydrogens is 352 g/mol. The Bertz CT molecular complexity index is 739. The molecule has 0 atom stereocenters. The molecule has 0 bridgehead atoms. The average Bonchev–Trinajstić information content (AvgIpc) is 2.90. The standard InChI is InChI=1S/C14H11BrN4OS/c15-9-3-5-10(6-4-9)17-12(20)8-21-14-18-11-2-1-7-16-13(11)19-14/h1-7H,8H2,(H,17,20)(H,16,18,19). The minimum atomic E-state index is -0.0734. The number of rotatable bonds is 4. The van der Waals surface area contributed by atoms with Gasteiger partial charge in [-0.25, -0.2) is 9.97 Å². The van der Waals surface area contributed by atoms with Gasteiger partial charge >= 0.3 is 0 Å². The highest BCUT2D eigenvalue weighted by atomic mass is 79.9. The van der Waals surface area contributed by atoms with Gasteiger partial charge in [-0.1, -0.05) is 27.7 Å². The fourth-order valence-corrected chi connectivity index (χ4v) is 2.69. The average molecular weight is 363 g/mol. The van der Waals surface area contributed by atoms with E-state index in [1.54, 1.807) is 6.20 Å². The van der Waals surface area contributed by atoms with E-state index in [1.807, 2.05) is 36.4 Å².